The number of hydrogen-bond acceptors (Lipinski definition) is 5. The van der Waals surface area contributed by atoms with Gasteiger partial charge in [-0.15, -0.1) is 12.4 Å². The van der Waals surface area contributed by atoms with Gasteiger partial charge in [0.25, 0.3) is 0 Å². The molecule has 5 nitrogen and oxygen atoms in total. The lowest BCUT2D eigenvalue weighted by molar-refractivity contribution is -0.159. The Morgan fingerprint density at radius 2 is 2.15 bits per heavy atom. The van der Waals surface area contributed by atoms with E-state index in [0.29, 0.717) is 13.0 Å². The molecule has 2 atom stereocenters. The van der Waals surface area contributed by atoms with Crippen molar-refractivity contribution < 1.29 is 19.4 Å². The van der Waals surface area contributed by atoms with E-state index in [2.05, 4.69) is 10.1 Å². The van der Waals surface area contributed by atoms with Gasteiger partial charge in [-0.2, -0.15) is 0 Å². The van der Waals surface area contributed by atoms with Crippen LogP contribution in [-0.4, -0.2) is 35.7 Å². The van der Waals surface area contributed by atoms with Crippen LogP contribution in [0.2, 0.25) is 0 Å². The minimum absolute atomic E-state index is 0. The van der Waals surface area contributed by atoms with E-state index < -0.39 is 24.1 Å². The molecule has 13 heavy (non-hydrogen) atoms. The van der Waals surface area contributed by atoms with Gasteiger partial charge in [0.1, 0.15) is 6.04 Å². The third-order valence-corrected chi connectivity index (χ3v) is 1.64. The molecule has 1 saturated heterocycles. The lowest BCUT2D eigenvalue weighted by Crippen LogP contribution is -2.33. The second-order valence-electron chi connectivity index (χ2n) is 2.76. The largest absolute Gasteiger partial charge is 0.392 e. The number of ether oxygens (including phenoxy) is 1. The van der Waals surface area contributed by atoms with E-state index >= 15 is 0 Å². The van der Waals surface area contributed by atoms with E-state index in [0.717, 1.165) is 0 Å². The maximum Gasteiger partial charge on any atom is 0.330 e. The first kappa shape index (κ1) is 12.3. The number of hydrogen-bond donors (Lipinski definition) is 2. The van der Waals surface area contributed by atoms with Gasteiger partial charge in [-0.3, -0.25) is 4.79 Å². The number of esters is 2. The van der Waals surface area contributed by atoms with Crippen LogP contribution in [-0.2, 0) is 14.3 Å². The molecule has 0 radical (unpaired) electrons. The maximum atomic E-state index is 11.0. The number of nitrogens with one attached hydrogen (secondary N) is 1. The Hall–Kier alpha value is -0.650. The highest BCUT2D eigenvalue weighted by Gasteiger charge is 2.29. The van der Waals surface area contributed by atoms with Gasteiger partial charge < -0.3 is 15.2 Å². The van der Waals surface area contributed by atoms with Crippen LogP contribution >= 0.6 is 12.4 Å². The molecule has 6 heteroatoms. The Balaban J connectivity index is 0.00000144. The van der Waals surface area contributed by atoms with Crippen LogP contribution in [0.3, 0.4) is 0 Å². The molecule has 1 fully saturated rings. The van der Waals surface area contributed by atoms with Crippen molar-refractivity contribution in [1.82, 2.24) is 5.32 Å². The van der Waals surface area contributed by atoms with E-state index in [1.807, 2.05) is 0 Å². The van der Waals surface area contributed by atoms with Gasteiger partial charge in [-0.25, -0.2) is 4.79 Å². The fourth-order valence-corrected chi connectivity index (χ4v) is 1.11. The van der Waals surface area contributed by atoms with Crippen molar-refractivity contribution in [2.75, 3.05) is 6.54 Å². The first-order chi connectivity index (χ1) is 5.59. The quantitative estimate of drug-likeness (QED) is 0.438. The Morgan fingerprint density at radius 1 is 1.54 bits per heavy atom. The molecule has 0 unspecified atom stereocenters. The molecule has 1 aliphatic heterocycles. The summed E-state index contributed by atoms with van der Waals surface area (Å²) in [6.45, 7) is 1.54. The van der Waals surface area contributed by atoms with E-state index in [4.69, 9.17) is 5.11 Å². The third-order valence-electron chi connectivity index (χ3n) is 1.64. The summed E-state index contributed by atoms with van der Waals surface area (Å²) in [5.41, 5.74) is 0. The summed E-state index contributed by atoms with van der Waals surface area (Å²) in [5, 5.41) is 11.8. The zero-order valence-electron chi connectivity index (χ0n) is 7.15. The van der Waals surface area contributed by atoms with Crippen LogP contribution in [0.5, 0.6) is 0 Å². The Labute approximate surface area is 81.9 Å². The maximum absolute atomic E-state index is 11.0. The smallest absolute Gasteiger partial charge is 0.330 e. The molecule has 0 aromatic rings. The first-order valence-corrected chi connectivity index (χ1v) is 3.73. The lowest BCUT2D eigenvalue weighted by atomic mass is 10.2. The highest BCUT2D eigenvalue weighted by Crippen LogP contribution is 2.07. The van der Waals surface area contributed by atoms with Crippen molar-refractivity contribution in [3.63, 3.8) is 0 Å². The zero-order valence-corrected chi connectivity index (χ0v) is 7.97. The second kappa shape index (κ2) is 5.16. The van der Waals surface area contributed by atoms with Crippen LogP contribution in [0.4, 0.5) is 0 Å². The monoisotopic (exact) mass is 209 g/mol. The van der Waals surface area contributed by atoms with Gasteiger partial charge in [0.05, 0.1) is 6.10 Å². The van der Waals surface area contributed by atoms with Gasteiger partial charge in [0, 0.05) is 19.9 Å². The molecule has 0 aromatic heterocycles. The minimum atomic E-state index is -0.622. The Bertz CT molecular complexity index is 209. The highest BCUT2D eigenvalue weighted by molar-refractivity contribution is 5.87. The third kappa shape index (κ3) is 3.71. The molecule has 0 bridgehead atoms. The molecular formula is C7H12ClNO4. The predicted molar refractivity (Wildman–Crippen MR) is 46.4 cm³/mol. The molecule has 0 aliphatic carbocycles. The van der Waals surface area contributed by atoms with Crippen molar-refractivity contribution in [1.29, 1.82) is 0 Å². The van der Waals surface area contributed by atoms with Crippen molar-refractivity contribution in [2.24, 2.45) is 0 Å². The number of halogens is 1. The van der Waals surface area contributed by atoms with E-state index in [1.54, 1.807) is 0 Å². The molecule has 0 aromatic carbocycles. The SMILES string of the molecule is CC(=O)OC(=O)[C@@H]1C[C@@H](O)CN1.Cl. The van der Waals surface area contributed by atoms with Crippen molar-refractivity contribution in [3.8, 4) is 0 Å². The normalized spacial score (nSPS) is 26.3. The summed E-state index contributed by atoms with van der Waals surface area (Å²) in [6, 6.07) is -0.538. The average Bonchev–Trinajstić information content (AvgIpc) is 2.34. The molecule has 1 rings (SSSR count). The highest BCUT2D eigenvalue weighted by atomic mass is 35.5. The number of aliphatic hydroxyl groups is 1. The average molecular weight is 210 g/mol. The van der Waals surface area contributed by atoms with Crippen LogP contribution in [0.25, 0.3) is 0 Å². The topological polar surface area (TPSA) is 75.6 Å². The van der Waals surface area contributed by atoms with E-state index in [9.17, 15) is 9.59 Å². The number of carbonyl (C=O) groups excluding carboxylic acids is 2. The summed E-state index contributed by atoms with van der Waals surface area (Å²) >= 11 is 0. The van der Waals surface area contributed by atoms with Crippen molar-refractivity contribution in [3.05, 3.63) is 0 Å². The molecule has 1 aliphatic rings. The van der Waals surface area contributed by atoms with Gasteiger partial charge in [-0.1, -0.05) is 0 Å². The number of carbonyl (C=O) groups is 2. The fraction of sp³-hybridized carbons (Fsp3) is 0.714. The summed E-state index contributed by atoms with van der Waals surface area (Å²) in [4.78, 5) is 21.3. The van der Waals surface area contributed by atoms with E-state index in [1.165, 1.54) is 6.92 Å². The number of aliphatic hydroxyl groups excluding tert-OH is 1. The lowest BCUT2D eigenvalue weighted by Gasteiger charge is -2.06. The Kier molecular flexibility index (Phi) is 4.90. The Morgan fingerprint density at radius 3 is 2.54 bits per heavy atom. The van der Waals surface area contributed by atoms with Gasteiger partial charge in [0.2, 0.25) is 0 Å². The van der Waals surface area contributed by atoms with E-state index in [-0.39, 0.29) is 12.4 Å². The van der Waals surface area contributed by atoms with Crippen LogP contribution < -0.4 is 5.32 Å². The number of β-amino-alcohol motifs (C(OH)–C–C–N with tert-alkyl or cyclic N) is 1. The molecule has 0 spiro atoms. The molecule has 76 valence electrons. The van der Waals surface area contributed by atoms with Crippen LogP contribution in [0, 0.1) is 0 Å². The standard InChI is InChI=1S/C7H11NO4.ClH/c1-4(9)12-7(11)6-2-5(10)3-8-6;/h5-6,8,10H,2-3H2,1H3;1H/t5-,6+;/m1./s1. The molecule has 2 N–H and O–H groups in total. The zero-order chi connectivity index (χ0) is 9.14. The molecule has 0 saturated carbocycles. The minimum Gasteiger partial charge on any atom is -0.392 e. The second-order valence-corrected chi connectivity index (χ2v) is 2.76. The fourth-order valence-electron chi connectivity index (χ4n) is 1.11. The summed E-state index contributed by atoms with van der Waals surface area (Å²) in [5.74, 6) is -1.23. The van der Waals surface area contributed by atoms with Gasteiger partial charge in [0.15, 0.2) is 0 Å². The number of rotatable bonds is 1. The first-order valence-electron chi connectivity index (χ1n) is 3.73. The van der Waals surface area contributed by atoms with Crippen molar-refractivity contribution >= 4 is 24.3 Å². The van der Waals surface area contributed by atoms with Gasteiger partial charge in [-0.05, 0) is 0 Å². The molecule has 0 amide bonds. The summed E-state index contributed by atoms with van der Waals surface area (Å²) < 4.78 is 4.33. The van der Waals surface area contributed by atoms with Gasteiger partial charge >= 0.3 is 11.9 Å². The predicted octanol–water partition coefficient (Wildman–Crippen LogP) is -0.779. The summed E-state index contributed by atoms with van der Waals surface area (Å²) in [7, 11) is 0. The molecular weight excluding hydrogens is 198 g/mol. The van der Waals surface area contributed by atoms with Crippen LogP contribution in [0.15, 0.2) is 0 Å². The van der Waals surface area contributed by atoms with Crippen LogP contribution in [0.1, 0.15) is 13.3 Å². The summed E-state index contributed by atoms with van der Waals surface area (Å²) in [6.07, 6.45) is -0.207. The molecule has 1 heterocycles. The van der Waals surface area contributed by atoms with Crippen molar-refractivity contribution in [2.45, 2.75) is 25.5 Å².